The number of H-pyrrole nitrogens is 1. The highest BCUT2D eigenvalue weighted by Crippen LogP contribution is 2.05. The van der Waals surface area contributed by atoms with Crippen molar-refractivity contribution in [3.05, 3.63) is 23.3 Å². The van der Waals surface area contributed by atoms with E-state index in [9.17, 15) is 4.79 Å². The molecule has 8 heteroatoms. The number of amides is 1. The van der Waals surface area contributed by atoms with Gasteiger partial charge in [-0.1, -0.05) is 0 Å². The number of carbonyl (C=O) groups is 1. The van der Waals surface area contributed by atoms with Gasteiger partial charge >= 0.3 is 0 Å². The third-order valence-electron chi connectivity index (χ3n) is 2.49. The first-order valence-electron chi connectivity index (χ1n) is 5.01. The fourth-order valence-electron chi connectivity index (χ4n) is 1.35. The van der Waals surface area contributed by atoms with Gasteiger partial charge in [-0.25, -0.2) is 0 Å². The summed E-state index contributed by atoms with van der Waals surface area (Å²) in [5.74, 6) is -0.200. The lowest BCUT2D eigenvalue weighted by Gasteiger charge is -2.02. The molecule has 2 heterocycles. The van der Waals surface area contributed by atoms with Crippen molar-refractivity contribution >= 4 is 11.9 Å². The quantitative estimate of drug-likeness (QED) is 0.654. The Labute approximate surface area is 97.2 Å². The molecule has 0 spiro atoms. The number of rotatable bonds is 3. The van der Waals surface area contributed by atoms with Crippen LogP contribution >= 0.6 is 0 Å². The van der Waals surface area contributed by atoms with E-state index >= 15 is 0 Å². The van der Waals surface area contributed by atoms with Crippen LogP contribution in [0, 0.1) is 6.92 Å². The minimum Gasteiger partial charge on any atom is -0.366 e. The van der Waals surface area contributed by atoms with Gasteiger partial charge in [-0.05, 0) is 6.92 Å². The smallest absolute Gasteiger partial charge is 0.288 e. The molecule has 0 saturated carbocycles. The van der Waals surface area contributed by atoms with E-state index < -0.39 is 0 Å². The van der Waals surface area contributed by atoms with Crippen molar-refractivity contribution in [3.63, 3.8) is 0 Å². The molecule has 2 aromatic heterocycles. The zero-order valence-electron chi connectivity index (χ0n) is 9.56. The number of aromatic amines is 1. The molecule has 2 rings (SSSR count). The first-order chi connectivity index (χ1) is 8.08. The largest absolute Gasteiger partial charge is 0.366 e. The molecule has 0 aliphatic heterocycles. The number of carbonyl (C=O) groups excluding carboxylic acids is 1. The maximum Gasteiger partial charge on any atom is 0.288 e. The number of hydrogen-bond acceptors (Lipinski definition) is 5. The number of nitrogens with one attached hydrogen (secondary N) is 2. The van der Waals surface area contributed by atoms with Gasteiger partial charge in [0, 0.05) is 24.8 Å². The summed E-state index contributed by atoms with van der Waals surface area (Å²) in [6, 6.07) is 0. The Balaban J connectivity index is 1.99. The number of nitrogens with zero attached hydrogens (tertiary/aromatic N) is 4. The van der Waals surface area contributed by atoms with E-state index in [1.165, 1.54) is 0 Å². The van der Waals surface area contributed by atoms with Gasteiger partial charge in [0.1, 0.15) is 0 Å². The van der Waals surface area contributed by atoms with Crippen molar-refractivity contribution in [2.45, 2.75) is 13.5 Å². The van der Waals surface area contributed by atoms with Gasteiger partial charge in [-0.15, -0.1) is 5.10 Å². The second-order valence-electron chi connectivity index (χ2n) is 3.60. The molecule has 0 bridgehead atoms. The molecule has 0 saturated heterocycles. The molecule has 90 valence electrons. The summed E-state index contributed by atoms with van der Waals surface area (Å²) in [5.41, 5.74) is 7.26. The summed E-state index contributed by atoms with van der Waals surface area (Å²) in [4.78, 5) is 15.4. The van der Waals surface area contributed by atoms with Crippen LogP contribution in [0.3, 0.4) is 0 Å². The molecule has 0 aliphatic carbocycles. The number of aryl methyl sites for hydroxylation is 1. The lowest BCUT2D eigenvalue weighted by molar-refractivity contribution is 0.0941. The molecular weight excluding hydrogens is 222 g/mol. The normalized spacial score (nSPS) is 10.5. The molecule has 17 heavy (non-hydrogen) atoms. The SMILES string of the molecule is Cc1c(CNC(=O)c2nc(N)n[nH]2)cnn1C. The summed E-state index contributed by atoms with van der Waals surface area (Å²) in [5, 5.41) is 12.8. The summed E-state index contributed by atoms with van der Waals surface area (Å²) in [6.45, 7) is 2.32. The highest BCUT2D eigenvalue weighted by molar-refractivity contribution is 5.90. The van der Waals surface area contributed by atoms with Crippen molar-refractivity contribution in [2.24, 2.45) is 7.05 Å². The second-order valence-corrected chi connectivity index (χ2v) is 3.60. The zero-order chi connectivity index (χ0) is 12.4. The number of nitrogens with two attached hydrogens (primary N) is 1. The van der Waals surface area contributed by atoms with Crippen molar-refractivity contribution in [1.82, 2.24) is 30.3 Å². The molecular formula is C9H13N7O. The third kappa shape index (κ3) is 2.25. The fourth-order valence-corrected chi connectivity index (χ4v) is 1.35. The van der Waals surface area contributed by atoms with E-state index in [4.69, 9.17) is 5.73 Å². The Hall–Kier alpha value is -2.38. The number of nitrogen functional groups attached to an aromatic ring is 1. The molecule has 4 N–H and O–H groups in total. The van der Waals surface area contributed by atoms with E-state index in [0.29, 0.717) is 6.54 Å². The number of anilines is 1. The van der Waals surface area contributed by atoms with Crippen molar-refractivity contribution < 1.29 is 4.79 Å². The maximum atomic E-state index is 11.6. The standard InChI is InChI=1S/C9H13N7O/c1-5-6(4-12-16(5)2)3-11-8(17)7-13-9(10)15-14-7/h4H,3H2,1-2H3,(H,11,17)(H3,10,13,14,15). The Kier molecular flexibility index (Phi) is 2.77. The average Bonchev–Trinajstić information content (AvgIpc) is 2.86. The van der Waals surface area contributed by atoms with Crippen LogP contribution in [0.25, 0.3) is 0 Å². The van der Waals surface area contributed by atoms with Crippen LogP contribution in [-0.2, 0) is 13.6 Å². The predicted molar refractivity (Wildman–Crippen MR) is 59.9 cm³/mol. The predicted octanol–water partition coefficient (Wildman–Crippen LogP) is -0.641. The Morgan fingerprint density at radius 3 is 2.94 bits per heavy atom. The Bertz CT molecular complexity index is 541. The number of aromatic nitrogens is 5. The number of hydrogen-bond donors (Lipinski definition) is 3. The molecule has 0 aliphatic rings. The average molecular weight is 235 g/mol. The highest BCUT2D eigenvalue weighted by Gasteiger charge is 2.11. The van der Waals surface area contributed by atoms with Crippen LogP contribution in [0.2, 0.25) is 0 Å². The summed E-state index contributed by atoms with van der Waals surface area (Å²) in [7, 11) is 1.85. The molecule has 2 aromatic rings. The van der Waals surface area contributed by atoms with E-state index in [0.717, 1.165) is 11.3 Å². The van der Waals surface area contributed by atoms with Gasteiger partial charge in [0.15, 0.2) is 0 Å². The van der Waals surface area contributed by atoms with E-state index in [2.05, 4.69) is 25.6 Å². The Morgan fingerprint density at radius 2 is 2.41 bits per heavy atom. The molecule has 8 nitrogen and oxygen atoms in total. The fraction of sp³-hybridized carbons (Fsp3) is 0.333. The minimum absolute atomic E-state index is 0.0488. The van der Waals surface area contributed by atoms with Crippen molar-refractivity contribution in [2.75, 3.05) is 5.73 Å². The third-order valence-corrected chi connectivity index (χ3v) is 2.49. The first-order valence-corrected chi connectivity index (χ1v) is 5.01. The summed E-state index contributed by atoms with van der Waals surface area (Å²) < 4.78 is 1.74. The maximum absolute atomic E-state index is 11.6. The van der Waals surface area contributed by atoms with Crippen LogP contribution in [0.1, 0.15) is 21.9 Å². The van der Waals surface area contributed by atoms with Gasteiger partial charge in [0.2, 0.25) is 11.8 Å². The molecule has 1 amide bonds. The van der Waals surface area contributed by atoms with E-state index in [-0.39, 0.29) is 17.7 Å². The first kappa shape index (κ1) is 11.1. The molecule has 0 unspecified atom stereocenters. The molecule has 0 fully saturated rings. The molecule has 0 aromatic carbocycles. The molecule has 0 radical (unpaired) electrons. The van der Waals surface area contributed by atoms with Crippen molar-refractivity contribution in [3.8, 4) is 0 Å². The zero-order valence-corrected chi connectivity index (χ0v) is 9.56. The molecule has 0 atom stereocenters. The summed E-state index contributed by atoms with van der Waals surface area (Å²) >= 11 is 0. The van der Waals surface area contributed by atoms with Crippen LogP contribution < -0.4 is 11.1 Å². The van der Waals surface area contributed by atoms with Gasteiger partial charge < -0.3 is 11.1 Å². The van der Waals surface area contributed by atoms with Gasteiger partial charge in [-0.2, -0.15) is 10.1 Å². The van der Waals surface area contributed by atoms with Crippen LogP contribution in [-0.4, -0.2) is 30.9 Å². The van der Waals surface area contributed by atoms with Gasteiger partial charge in [0.05, 0.1) is 6.20 Å². The highest BCUT2D eigenvalue weighted by atomic mass is 16.2. The minimum atomic E-state index is -0.350. The van der Waals surface area contributed by atoms with Crippen LogP contribution in [0.5, 0.6) is 0 Å². The van der Waals surface area contributed by atoms with Gasteiger partial charge in [-0.3, -0.25) is 14.6 Å². The lowest BCUT2D eigenvalue weighted by Crippen LogP contribution is -2.24. The van der Waals surface area contributed by atoms with Gasteiger partial charge in [0.25, 0.3) is 5.91 Å². The second kappa shape index (κ2) is 4.24. The van der Waals surface area contributed by atoms with Crippen LogP contribution in [0.15, 0.2) is 6.20 Å². The van der Waals surface area contributed by atoms with E-state index in [1.54, 1.807) is 10.9 Å². The van der Waals surface area contributed by atoms with Crippen LogP contribution in [0.4, 0.5) is 5.95 Å². The lowest BCUT2D eigenvalue weighted by atomic mass is 10.2. The Morgan fingerprint density at radius 1 is 1.65 bits per heavy atom. The topological polar surface area (TPSA) is 115 Å². The van der Waals surface area contributed by atoms with Crippen molar-refractivity contribution in [1.29, 1.82) is 0 Å². The van der Waals surface area contributed by atoms with E-state index in [1.807, 2.05) is 14.0 Å². The summed E-state index contributed by atoms with van der Waals surface area (Å²) in [6.07, 6.45) is 1.71. The monoisotopic (exact) mass is 235 g/mol.